The first-order chi connectivity index (χ1) is 11.0. The van der Waals surface area contributed by atoms with Crippen molar-refractivity contribution in [3.8, 4) is 17.3 Å². The summed E-state index contributed by atoms with van der Waals surface area (Å²) < 4.78 is 0. The maximum Gasteiger partial charge on any atom is 0.141 e. The number of pyridine rings is 1. The van der Waals surface area contributed by atoms with E-state index < -0.39 is 0 Å². The predicted octanol–water partition coefficient (Wildman–Crippen LogP) is 3.97. The van der Waals surface area contributed by atoms with Crippen molar-refractivity contribution < 1.29 is 0 Å². The van der Waals surface area contributed by atoms with Crippen molar-refractivity contribution in [2.75, 3.05) is 0 Å². The highest BCUT2D eigenvalue weighted by Crippen LogP contribution is 2.26. The van der Waals surface area contributed by atoms with Crippen LogP contribution in [0.5, 0.6) is 0 Å². The van der Waals surface area contributed by atoms with Crippen molar-refractivity contribution in [1.29, 1.82) is 5.26 Å². The number of nitrogens with one attached hydrogen (secondary N) is 1. The van der Waals surface area contributed by atoms with Gasteiger partial charge in [0.2, 0.25) is 0 Å². The Morgan fingerprint density at radius 2 is 2.00 bits per heavy atom. The van der Waals surface area contributed by atoms with Crippen LogP contribution in [-0.4, -0.2) is 19.9 Å². The predicted molar refractivity (Wildman–Crippen MR) is 90.2 cm³/mol. The Kier molecular flexibility index (Phi) is 3.67. The van der Waals surface area contributed by atoms with Crippen LogP contribution in [0.25, 0.3) is 27.9 Å². The Balaban J connectivity index is 2.02. The van der Waals surface area contributed by atoms with Gasteiger partial charge in [-0.1, -0.05) is 26.8 Å². The van der Waals surface area contributed by atoms with E-state index in [4.69, 9.17) is 0 Å². The standard InChI is InChI=1S/C18H17N5/c1-18(2,3)8-13(9-19)15-5-4-12(10-21-15)16-14-6-7-20-17(14)23-11-22-16/h4-8,10-11H,1-3H3,(H,20,22,23)/b13-8-. The largest absolute Gasteiger partial charge is 0.346 e. The molecule has 0 atom stereocenters. The topological polar surface area (TPSA) is 78.2 Å². The van der Waals surface area contributed by atoms with Gasteiger partial charge in [0.05, 0.1) is 17.0 Å². The van der Waals surface area contributed by atoms with E-state index in [0.29, 0.717) is 11.3 Å². The van der Waals surface area contributed by atoms with Gasteiger partial charge in [0.15, 0.2) is 0 Å². The molecule has 0 saturated heterocycles. The second-order valence-corrected chi connectivity index (χ2v) is 6.43. The van der Waals surface area contributed by atoms with E-state index in [1.165, 1.54) is 6.33 Å². The molecule has 5 heteroatoms. The van der Waals surface area contributed by atoms with Gasteiger partial charge < -0.3 is 4.98 Å². The fourth-order valence-electron chi connectivity index (χ4n) is 2.39. The fraction of sp³-hybridized carbons (Fsp3) is 0.222. The van der Waals surface area contributed by atoms with Crippen molar-refractivity contribution in [3.63, 3.8) is 0 Å². The highest BCUT2D eigenvalue weighted by atomic mass is 14.9. The number of nitrogens with zero attached hydrogens (tertiary/aromatic N) is 4. The number of rotatable bonds is 2. The molecule has 0 radical (unpaired) electrons. The summed E-state index contributed by atoms with van der Waals surface area (Å²) in [6.07, 6.45) is 7.05. The first kappa shape index (κ1) is 14.9. The number of hydrogen-bond donors (Lipinski definition) is 1. The van der Waals surface area contributed by atoms with E-state index in [1.807, 2.05) is 30.5 Å². The number of hydrogen-bond acceptors (Lipinski definition) is 4. The minimum absolute atomic E-state index is 0.0741. The Morgan fingerprint density at radius 1 is 1.17 bits per heavy atom. The third kappa shape index (κ3) is 3.11. The fourth-order valence-corrected chi connectivity index (χ4v) is 2.39. The molecule has 0 unspecified atom stereocenters. The Labute approximate surface area is 134 Å². The van der Waals surface area contributed by atoms with Crippen molar-refractivity contribution in [1.82, 2.24) is 19.9 Å². The summed E-state index contributed by atoms with van der Waals surface area (Å²) >= 11 is 0. The third-order valence-electron chi connectivity index (χ3n) is 3.36. The van der Waals surface area contributed by atoms with Gasteiger partial charge in [0, 0.05) is 23.3 Å². The zero-order valence-corrected chi connectivity index (χ0v) is 13.3. The first-order valence-corrected chi connectivity index (χ1v) is 7.36. The average molecular weight is 303 g/mol. The quantitative estimate of drug-likeness (QED) is 0.726. The molecular weight excluding hydrogens is 286 g/mol. The lowest BCUT2D eigenvalue weighted by Crippen LogP contribution is -2.01. The number of aromatic nitrogens is 4. The second-order valence-electron chi connectivity index (χ2n) is 6.43. The zero-order chi connectivity index (χ0) is 16.4. The lowest BCUT2D eigenvalue weighted by atomic mass is 9.92. The first-order valence-electron chi connectivity index (χ1n) is 7.36. The van der Waals surface area contributed by atoms with Gasteiger partial charge >= 0.3 is 0 Å². The summed E-state index contributed by atoms with van der Waals surface area (Å²) in [6, 6.07) is 7.96. The van der Waals surface area contributed by atoms with E-state index >= 15 is 0 Å². The summed E-state index contributed by atoms with van der Waals surface area (Å²) in [5, 5.41) is 10.3. The van der Waals surface area contributed by atoms with Gasteiger partial charge in [-0.15, -0.1) is 0 Å². The summed E-state index contributed by atoms with van der Waals surface area (Å²) in [5.74, 6) is 0. The zero-order valence-electron chi connectivity index (χ0n) is 13.3. The third-order valence-corrected chi connectivity index (χ3v) is 3.36. The van der Waals surface area contributed by atoms with Crippen LogP contribution in [0.15, 0.2) is 43.0 Å². The van der Waals surface area contributed by atoms with Crippen molar-refractivity contribution in [2.45, 2.75) is 20.8 Å². The van der Waals surface area contributed by atoms with Crippen LogP contribution >= 0.6 is 0 Å². The molecule has 0 amide bonds. The molecule has 3 aromatic heterocycles. The minimum atomic E-state index is -0.0741. The van der Waals surface area contributed by atoms with Crippen LogP contribution in [0, 0.1) is 16.7 Å². The van der Waals surface area contributed by atoms with Crippen LogP contribution in [0.3, 0.4) is 0 Å². The van der Waals surface area contributed by atoms with Crippen molar-refractivity contribution in [3.05, 3.63) is 48.7 Å². The maximum atomic E-state index is 9.36. The van der Waals surface area contributed by atoms with E-state index in [-0.39, 0.29) is 5.41 Å². The normalized spacial score (nSPS) is 12.3. The Hall–Kier alpha value is -3.00. The molecule has 114 valence electrons. The number of H-pyrrole nitrogens is 1. The molecule has 3 heterocycles. The van der Waals surface area contributed by atoms with Crippen molar-refractivity contribution >= 4 is 16.6 Å². The van der Waals surface area contributed by atoms with Crippen LogP contribution < -0.4 is 0 Å². The lowest BCUT2D eigenvalue weighted by Gasteiger charge is -2.13. The number of fused-ring (bicyclic) bond motifs is 1. The van der Waals surface area contributed by atoms with Crippen LogP contribution in [-0.2, 0) is 0 Å². The van der Waals surface area contributed by atoms with Gasteiger partial charge in [-0.2, -0.15) is 5.26 Å². The van der Waals surface area contributed by atoms with Gasteiger partial charge in [0.25, 0.3) is 0 Å². The molecule has 5 nitrogen and oxygen atoms in total. The van der Waals surface area contributed by atoms with Gasteiger partial charge in [-0.3, -0.25) is 4.98 Å². The molecule has 3 rings (SSSR count). The Bertz CT molecular complexity index is 905. The molecular formula is C18H17N5. The van der Waals surface area contributed by atoms with E-state index in [9.17, 15) is 5.26 Å². The van der Waals surface area contributed by atoms with E-state index in [1.54, 1.807) is 6.20 Å². The molecule has 0 aliphatic rings. The molecule has 1 N–H and O–H groups in total. The second kappa shape index (κ2) is 5.65. The highest BCUT2D eigenvalue weighted by Gasteiger charge is 2.12. The number of aromatic amines is 1. The van der Waals surface area contributed by atoms with E-state index in [2.05, 4.69) is 46.8 Å². The summed E-state index contributed by atoms with van der Waals surface area (Å²) in [6.45, 7) is 6.17. The van der Waals surface area contributed by atoms with Crippen LogP contribution in [0.1, 0.15) is 26.5 Å². The molecule has 0 aromatic carbocycles. The maximum absolute atomic E-state index is 9.36. The monoisotopic (exact) mass is 303 g/mol. The van der Waals surface area contributed by atoms with Crippen LogP contribution in [0.4, 0.5) is 0 Å². The lowest BCUT2D eigenvalue weighted by molar-refractivity contribution is 0.546. The van der Waals surface area contributed by atoms with Gasteiger partial charge in [-0.25, -0.2) is 9.97 Å². The van der Waals surface area contributed by atoms with Gasteiger partial charge in [-0.05, 0) is 23.6 Å². The molecule has 0 aliphatic heterocycles. The molecule has 0 spiro atoms. The molecule has 23 heavy (non-hydrogen) atoms. The molecule has 0 bridgehead atoms. The van der Waals surface area contributed by atoms with E-state index in [0.717, 1.165) is 22.3 Å². The smallest absolute Gasteiger partial charge is 0.141 e. The summed E-state index contributed by atoms with van der Waals surface area (Å²) in [5.41, 5.74) is 3.70. The minimum Gasteiger partial charge on any atom is -0.346 e. The van der Waals surface area contributed by atoms with Crippen LogP contribution in [0.2, 0.25) is 0 Å². The highest BCUT2D eigenvalue weighted by molar-refractivity contribution is 5.90. The SMILES string of the molecule is CC(C)(C)/C=C(/C#N)c1ccc(-c2ncnc3[nH]ccc23)cn1. The number of allylic oxidation sites excluding steroid dienone is 2. The van der Waals surface area contributed by atoms with Crippen molar-refractivity contribution in [2.24, 2.45) is 5.41 Å². The molecule has 3 aromatic rings. The average Bonchev–Trinajstić information content (AvgIpc) is 3.00. The summed E-state index contributed by atoms with van der Waals surface area (Å²) in [4.78, 5) is 16.1. The molecule has 0 saturated carbocycles. The van der Waals surface area contributed by atoms with Gasteiger partial charge in [0.1, 0.15) is 18.0 Å². The molecule has 0 fully saturated rings. The Morgan fingerprint density at radius 3 is 2.65 bits per heavy atom. The summed E-state index contributed by atoms with van der Waals surface area (Å²) in [7, 11) is 0. The number of nitriles is 1. The molecule has 0 aliphatic carbocycles.